The summed E-state index contributed by atoms with van der Waals surface area (Å²) in [5.74, 6) is -0.256. The average Bonchev–Trinajstić information content (AvgIpc) is 2.45. The highest BCUT2D eigenvalue weighted by atomic mass is 32.1. The Hall–Kier alpha value is -1.42. The lowest BCUT2D eigenvalue weighted by atomic mass is 10.1. The van der Waals surface area contributed by atoms with Gasteiger partial charge in [0.25, 0.3) is 0 Å². The first-order valence-corrected chi connectivity index (χ1v) is 4.97. The zero-order valence-electron chi connectivity index (χ0n) is 7.62. The van der Waals surface area contributed by atoms with Crippen molar-refractivity contribution in [3.05, 3.63) is 35.0 Å². The Kier molecular flexibility index (Phi) is 2.21. The maximum atomic E-state index is 12.9. The van der Waals surface area contributed by atoms with Gasteiger partial charge in [-0.1, -0.05) is 12.1 Å². The average molecular weight is 208 g/mol. The van der Waals surface area contributed by atoms with E-state index in [9.17, 15) is 4.39 Å². The van der Waals surface area contributed by atoms with Gasteiger partial charge in [-0.3, -0.25) is 0 Å². The highest BCUT2D eigenvalue weighted by molar-refractivity contribution is 7.15. The molecule has 0 saturated carbocycles. The number of nitrogen functional groups attached to an aromatic ring is 1. The highest BCUT2D eigenvalue weighted by Gasteiger charge is 2.07. The van der Waals surface area contributed by atoms with E-state index in [4.69, 9.17) is 5.73 Å². The first-order chi connectivity index (χ1) is 6.66. The molecule has 72 valence electrons. The molecule has 4 heteroatoms. The lowest BCUT2D eigenvalue weighted by Crippen LogP contribution is -1.84. The smallest absolute Gasteiger partial charge is 0.180 e. The standard InChI is InChI=1S/C10H9FN2S/c1-6-9(13-10(12)14-6)7-3-2-4-8(11)5-7/h2-5H,1H3,(H2,12,13). The number of hydrogen-bond donors (Lipinski definition) is 1. The van der Waals surface area contributed by atoms with Crippen LogP contribution >= 0.6 is 11.3 Å². The Balaban J connectivity index is 2.54. The summed E-state index contributed by atoms with van der Waals surface area (Å²) in [5, 5.41) is 0.516. The number of nitrogens with two attached hydrogens (primary N) is 1. The molecule has 0 bridgehead atoms. The zero-order chi connectivity index (χ0) is 10.1. The Morgan fingerprint density at radius 1 is 1.43 bits per heavy atom. The normalized spacial score (nSPS) is 10.4. The minimum Gasteiger partial charge on any atom is -0.375 e. The van der Waals surface area contributed by atoms with Crippen LogP contribution in [-0.4, -0.2) is 4.98 Å². The van der Waals surface area contributed by atoms with Crippen LogP contribution < -0.4 is 5.73 Å². The molecule has 1 aromatic heterocycles. The highest BCUT2D eigenvalue weighted by Crippen LogP contribution is 2.28. The third-order valence-electron chi connectivity index (χ3n) is 1.91. The fourth-order valence-electron chi connectivity index (χ4n) is 1.32. The van der Waals surface area contributed by atoms with Gasteiger partial charge in [0, 0.05) is 10.4 Å². The van der Waals surface area contributed by atoms with Crippen molar-refractivity contribution in [2.45, 2.75) is 6.92 Å². The third kappa shape index (κ3) is 1.61. The second-order valence-corrected chi connectivity index (χ2v) is 4.20. The minimum atomic E-state index is -0.256. The van der Waals surface area contributed by atoms with E-state index in [1.807, 2.05) is 13.0 Å². The third-order valence-corrected chi connectivity index (χ3v) is 2.71. The summed E-state index contributed by atoms with van der Waals surface area (Å²) < 4.78 is 12.9. The summed E-state index contributed by atoms with van der Waals surface area (Å²) in [5.41, 5.74) is 7.11. The summed E-state index contributed by atoms with van der Waals surface area (Å²) in [7, 11) is 0. The van der Waals surface area contributed by atoms with E-state index < -0.39 is 0 Å². The molecule has 0 spiro atoms. The van der Waals surface area contributed by atoms with Crippen molar-refractivity contribution >= 4 is 16.5 Å². The molecule has 0 amide bonds. The van der Waals surface area contributed by atoms with Gasteiger partial charge in [0.05, 0.1) is 5.69 Å². The van der Waals surface area contributed by atoms with Gasteiger partial charge in [-0.05, 0) is 19.1 Å². The summed E-state index contributed by atoms with van der Waals surface area (Å²) in [6.07, 6.45) is 0. The number of aryl methyl sites for hydroxylation is 1. The molecule has 0 fully saturated rings. The number of aromatic nitrogens is 1. The molecule has 0 saturated heterocycles. The van der Waals surface area contributed by atoms with Gasteiger partial charge >= 0.3 is 0 Å². The number of halogens is 1. The lowest BCUT2D eigenvalue weighted by Gasteiger charge is -1.97. The molecular weight excluding hydrogens is 199 g/mol. The number of nitrogens with zero attached hydrogens (tertiary/aromatic N) is 1. The number of hydrogen-bond acceptors (Lipinski definition) is 3. The van der Waals surface area contributed by atoms with E-state index in [1.165, 1.54) is 23.5 Å². The first-order valence-electron chi connectivity index (χ1n) is 4.15. The monoisotopic (exact) mass is 208 g/mol. The molecule has 0 aliphatic rings. The molecule has 0 aliphatic carbocycles. The number of rotatable bonds is 1. The van der Waals surface area contributed by atoms with Crippen molar-refractivity contribution in [3.8, 4) is 11.3 Å². The van der Waals surface area contributed by atoms with Gasteiger partial charge < -0.3 is 5.73 Å². The maximum absolute atomic E-state index is 12.9. The van der Waals surface area contributed by atoms with E-state index >= 15 is 0 Å². The molecule has 1 heterocycles. The largest absolute Gasteiger partial charge is 0.375 e. The van der Waals surface area contributed by atoms with E-state index in [-0.39, 0.29) is 5.82 Å². The second kappa shape index (κ2) is 3.38. The molecule has 2 rings (SSSR count). The van der Waals surface area contributed by atoms with Gasteiger partial charge in [0.15, 0.2) is 5.13 Å². The summed E-state index contributed by atoms with van der Waals surface area (Å²) in [6, 6.07) is 6.36. The zero-order valence-corrected chi connectivity index (χ0v) is 8.44. The summed E-state index contributed by atoms with van der Waals surface area (Å²) in [4.78, 5) is 5.16. The SMILES string of the molecule is Cc1sc(N)nc1-c1cccc(F)c1. The summed E-state index contributed by atoms with van der Waals surface area (Å²) in [6.45, 7) is 1.92. The minimum absolute atomic E-state index is 0.256. The van der Waals surface area contributed by atoms with Gasteiger partial charge in [0.1, 0.15) is 5.82 Å². The molecule has 2 nitrogen and oxygen atoms in total. The predicted molar refractivity (Wildman–Crippen MR) is 56.7 cm³/mol. The molecule has 14 heavy (non-hydrogen) atoms. The van der Waals surface area contributed by atoms with Crippen molar-refractivity contribution in [3.63, 3.8) is 0 Å². The van der Waals surface area contributed by atoms with Crippen LogP contribution in [0.5, 0.6) is 0 Å². The molecule has 2 aromatic rings. The van der Waals surface area contributed by atoms with Crippen LogP contribution in [0.4, 0.5) is 9.52 Å². The Bertz CT molecular complexity index is 465. The van der Waals surface area contributed by atoms with Gasteiger partial charge in [0.2, 0.25) is 0 Å². The lowest BCUT2D eigenvalue weighted by molar-refractivity contribution is 0.628. The maximum Gasteiger partial charge on any atom is 0.180 e. The molecule has 0 unspecified atom stereocenters. The number of thiazole rings is 1. The van der Waals surface area contributed by atoms with Crippen molar-refractivity contribution < 1.29 is 4.39 Å². The second-order valence-electron chi connectivity index (χ2n) is 2.97. The van der Waals surface area contributed by atoms with Crippen LogP contribution in [0.25, 0.3) is 11.3 Å². The van der Waals surface area contributed by atoms with Crippen LogP contribution in [0.15, 0.2) is 24.3 Å². The van der Waals surface area contributed by atoms with Crippen LogP contribution in [0, 0.1) is 12.7 Å². The van der Waals surface area contributed by atoms with E-state index in [1.54, 1.807) is 6.07 Å². The Morgan fingerprint density at radius 2 is 2.21 bits per heavy atom. The molecule has 1 aromatic carbocycles. The van der Waals surface area contributed by atoms with Crippen LogP contribution in [-0.2, 0) is 0 Å². The topological polar surface area (TPSA) is 38.9 Å². The number of benzene rings is 1. The van der Waals surface area contributed by atoms with Gasteiger partial charge in [-0.2, -0.15) is 0 Å². The Morgan fingerprint density at radius 3 is 2.79 bits per heavy atom. The first kappa shape index (κ1) is 9.15. The van der Waals surface area contributed by atoms with Crippen molar-refractivity contribution in [2.24, 2.45) is 0 Å². The van der Waals surface area contributed by atoms with Gasteiger partial charge in [-0.25, -0.2) is 9.37 Å². The Labute approximate surface area is 85.2 Å². The van der Waals surface area contributed by atoms with Crippen LogP contribution in [0.2, 0.25) is 0 Å². The molecule has 0 aliphatic heterocycles. The van der Waals surface area contributed by atoms with Crippen LogP contribution in [0.1, 0.15) is 4.88 Å². The van der Waals surface area contributed by atoms with E-state index in [0.29, 0.717) is 5.13 Å². The van der Waals surface area contributed by atoms with E-state index in [0.717, 1.165) is 16.1 Å². The molecule has 0 atom stereocenters. The quantitative estimate of drug-likeness (QED) is 0.782. The predicted octanol–water partition coefficient (Wildman–Crippen LogP) is 2.84. The van der Waals surface area contributed by atoms with Crippen molar-refractivity contribution in [2.75, 3.05) is 5.73 Å². The van der Waals surface area contributed by atoms with Gasteiger partial charge in [-0.15, -0.1) is 11.3 Å². The van der Waals surface area contributed by atoms with Crippen molar-refractivity contribution in [1.82, 2.24) is 4.98 Å². The summed E-state index contributed by atoms with van der Waals surface area (Å²) >= 11 is 1.41. The van der Waals surface area contributed by atoms with Crippen LogP contribution in [0.3, 0.4) is 0 Å². The van der Waals surface area contributed by atoms with Crippen molar-refractivity contribution in [1.29, 1.82) is 0 Å². The number of anilines is 1. The molecule has 0 radical (unpaired) electrons. The molecule has 2 N–H and O–H groups in total. The fourth-order valence-corrected chi connectivity index (χ4v) is 2.03. The van der Waals surface area contributed by atoms with E-state index in [2.05, 4.69) is 4.98 Å². The fraction of sp³-hybridized carbons (Fsp3) is 0.100. The molecular formula is C10H9FN2S.